The van der Waals surface area contributed by atoms with Crippen LogP contribution in [0.5, 0.6) is 0 Å². The van der Waals surface area contributed by atoms with E-state index in [-0.39, 0.29) is 11.9 Å². The van der Waals surface area contributed by atoms with Crippen LogP contribution in [0.3, 0.4) is 0 Å². The van der Waals surface area contributed by atoms with Crippen LogP contribution in [0, 0.1) is 9.39 Å². The van der Waals surface area contributed by atoms with Crippen molar-refractivity contribution in [3.63, 3.8) is 0 Å². The first-order valence-electron chi connectivity index (χ1n) is 5.62. The Labute approximate surface area is 138 Å². The Balaban J connectivity index is 2.23. The number of rotatable bonds is 3. The van der Waals surface area contributed by atoms with E-state index in [9.17, 15) is 4.39 Å². The van der Waals surface area contributed by atoms with Crippen molar-refractivity contribution in [3.8, 4) is 0 Å². The largest absolute Gasteiger partial charge is 0.324 e. The number of hydrogen-bond donors (Lipinski definition) is 1. The van der Waals surface area contributed by atoms with E-state index in [1.807, 2.05) is 18.2 Å². The molecule has 2 aromatic rings. The summed E-state index contributed by atoms with van der Waals surface area (Å²) in [5.74, 6) is -0.248. The molecule has 0 radical (unpaired) electrons. The zero-order valence-corrected chi connectivity index (χ0v) is 14.3. The summed E-state index contributed by atoms with van der Waals surface area (Å²) in [5.41, 5.74) is 8.10. The summed E-state index contributed by atoms with van der Waals surface area (Å²) in [5, 5.41) is 0.682. The minimum absolute atomic E-state index is 0.203. The molecule has 100 valence electrons. The highest BCUT2D eigenvalue weighted by Crippen LogP contribution is 2.27. The maximum absolute atomic E-state index is 13.1. The van der Waals surface area contributed by atoms with Crippen LogP contribution in [-0.4, -0.2) is 0 Å². The lowest BCUT2D eigenvalue weighted by Crippen LogP contribution is -2.15. The third kappa shape index (κ3) is 3.90. The van der Waals surface area contributed by atoms with Gasteiger partial charge in [-0.3, -0.25) is 0 Å². The molecule has 0 aliphatic carbocycles. The minimum Gasteiger partial charge on any atom is -0.324 e. The van der Waals surface area contributed by atoms with Crippen molar-refractivity contribution in [1.29, 1.82) is 0 Å². The Morgan fingerprint density at radius 2 is 2.00 bits per heavy atom. The lowest BCUT2D eigenvalue weighted by molar-refractivity contribution is 0.622. The highest BCUT2D eigenvalue weighted by atomic mass is 127. The van der Waals surface area contributed by atoms with Gasteiger partial charge in [-0.25, -0.2) is 4.39 Å². The molecule has 2 N–H and O–H groups in total. The summed E-state index contributed by atoms with van der Waals surface area (Å²) >= 11 is 11.6. The summed E-state index contributed by atoms with van der Waals surface area (Å²) in [4.78, 5) is 0. The second-order valence-corrected chi connectivity index (χ2v) is 6.70. The SMILES string of the molecule is NC(Cc1ccc(Br)cc1Cl)c1ccc(F)cc1I. The molecule has 0 heterocycles. The van der Waals surface area contributed by atoms with Crippen LogP contribution in [0.25, 0.3) is 0 Å². The van der Waals surface area contributed by atoms with Crippen molar-refractivity contribution in [2.75, 3.05) is 0 Å². The smallest absolute Gasteiger partial charge is 0.124 e. The van der Waals surface area contributed by atoms with Gasteiger partial charge in [-0.15, -0.1) is 0 Å². The molecule has 0 saturated heterocycles. The molecule has 1 atom stereocenters. The molecule has 0 aliphatic rings. The van der Waals surface area contributed by atoms with Crippen LogP contribution in [0.15, 0.2) is 40.9 Å². The van der Waals surface area contributed by atoms with Crippen molar-refractivity contribution < 1.29 is 4.39 Å². The van der Waals surface area contributed by atoms with Gasteiger partial charge >= 0.3 is 0 Å². The average Bonchev–Trinajstić information content (AvgIpc) is 2.32. The fraction of sp³-hybridized carbons (Fsp3) is 0.143. The standard InChI is InChI=1S/C14H11BrClFIN/c15-9-2-1-8(12(16)6-9)5-14(19)11-4-3-10(17)7-13(11)18/h1-4,6-7,14H,5,19H2. The highest BCUT2D eigenvalue weighted by molar-refractivity contribution is 14.1. The fourth-order valence-corrected chi connectivity index (χ4v) is 3.46. The normalized spacial score (nSPS) is 12.5. The predicted octanol–water partition coefficient (Wildman–Crippen LogP) is 5.09. The first-order chi connectivity index (χ1) is 8.97. The van der Waals surface area contributed by atoms with Crippen molar-refractivity contribution in [3.05, 3.63) is 66.4 Å². The van der Waals surface area contributed by atoms with Gasteiger partial charge < -0.3 is 5.73 Å². The second-order valence-electron chi connectivity index (χ2n) is 4.21. The first-order valence-corrected chi connectivity index (χ1v) is 7.87. The number of nitrogens with two attached hydrogens (primary N) is 1. The average molecular weight is 455 g/mol. The topological polar surface area (TPSA) is 26.0 Å². The zero-order chi connectivity index (χ0) is 14.0. The summed E-state index contributed by atoms with van der Waals surface area (Å²) in [6.07, 6.45) is 0.619. The van der Waals surface area contributed by atoms with Crippen LogP contribution in [0.2, 0.25) is 5.02 Å². The molecule has 1 unspecified atom stereocenters. The quantitative estimate of drug-likeness (QED) is 0.643. The molecular weight excluding hydrogens is 443 g/mol. The molecule has 0 bridgehead atoms. The van der Waals surface area contributed by atoms with E-state index in [0.717, 1.165) is 19.2 Å². The molecule has 0 aliphatic heterocycles. The van der Waals surface area contributed by atoms with Crippen LogP contribution >= 0.6 is 50.1 Å². The predicted molar refractivity (Wildman–Crippen MR) is 88.9 cm³/mol. The van der Waals surface area contributed by atoms with Gasteiger partial charge in [0, 0.05) is 19.1 Å². The number of halogens is 4. The fourth-order valence-electron chi connectivity index (χ4n) is 1.84. The lowest BCUT2D eigenvalue weighted by Gasteiger charge is -2.15. The van der Waals surface area contributed by atoms with E-state index in [2.05, 4.69) is 38.5 Å². The molecule has 5 heteroatoms. The molecule has 2 aromatic carbocycles. The Morgan fingerprint density at radius 3 is 2.63 bits per heavy atom. The Morgan fingerprint density at radius 1 is 1.26 bits per heavy atom. The maximum Gasteiger partial charge on any atom is 0.124 e. The van der Waals surface area contributed by atoms with Crippen LogP contribution in [0.1, 0.15) is 17.2 Å². The number of benzene rings is 2. The van der Waals surface area contributed by atoms with Gasteiger partial charge in [-0.1, -0.05) is 39.7 Å². The van der Waals surface area contributed by atoms with Gasteiger partial charge in [-0.2, -0.15) is 0 Å². The van der Waals surface area contributed by atoms with Gasteiger partial charge in [0.15, 0.2) is 0 Å². The number of hydrogen-bond acceptors (Lipinski definition) is 1. The molecule has 1 nitrogen and oxygen atoms in total. The van der Waals surface area contributed by atoms with Gasteiger partial charge in [0.25, 0.3) is 0 Å². The van der Waals surface area contributed by atoms with E-state index in [0.29, 0.717) is 11.4 Å². The molecule has 19 heavy (non-hydrogen) atoms. The zero-order valence-electron chi connectivity index (χ0n) is 9.84. The van der Waals surface area contributed by atoms with E-state index in [1.165, 1.54) is 12.1 Å². The molecule has 0 aromatic heterocycles. The van der Waals surface area contributed by atoms with Crippen molar-refractivity contribution in [2.24, 2.45) is 5.73 Å². The first kappa shape index (κ1) is 15.2. The van der Waals surface area contributed by atoms with Crippen molar-refractivity contribution in [2.45, 2.75) is 12.5 Å². The second kappa shape index (κ2) is 6.52. The summed E-state index contributed by atoms with van der Waals surface area (Å²) in [6.45, 7) is 0. The summed E-state index contributed by atoms with van der Waals surface area (Å²) in [7, 11) is 0. The van der Waals surface area contributed by atoms with Gasteiger partial charge in [0.1, 0.15) is 5.82 Å². The molecule has 0 saturated carbocycles. The minimum atomic E-state index is -0.248. The van der Waals surface area contributed by atoms with Crippen LogP contribution < -0.4 is 5.73 Å². The molecule has 0 fully saturated rings. The summed E-state index contributed by atoms with van der Waals surface area (Å²) < 4.78 is 14.8. The monoisotopic (exact) mass is 453 g/mol. The van der Waals surface area contributed by atoms with E-state index >= 15 is 0 Å². The third-order valence-electron chi connectivity index (χ3n) is 2.82. The van der Waals surface area contributed by atoms with E-state index in [4.69, 9.17) is 17.3 Å². The third-order valence-corrected chi connectivity index (χ3v) is 4.60. The summed E-state index contributed by atoms with van der Waals surface area (Å²) in [6, 6.07) is 10.2. The molecule has 2 rings (SSSR count). The highest BCUT2D eigenvalue weighted by Gasteiger charge is 2.13. The molecular formula is C14H11BrClFIN. The van der Waals surface area contributed by atoms with Crippen molar-refractivity contribution >= 4 is 50.1 Å². The maximum atomic E-state index is 13.1. The van der Waals surface area contributed by atoms with Crippen molar-refractivity contribution in [1.82, 2.24) is 0 Å². The molecule has 0 amide bonds. The lowest BCUT2D eigenvalue weighted by atomic mass is 10.00. The Hall–Kier alpha value is -0.170. The van der Waals surface area contributed by atoms with Gasteiger partial charge in [-0.05, 0) is 64.4 Å². The van der Waals surface area contributed by atoms with E-state index in [1.54, 1.807) is 6.07 Å². The van der Waals surface area contributed by atoms with Gasteiger partial charge in [0.05, 0.1) is 0 Å². The Kier molecular flexibility index (Phi) is 5.22. The van der Waals surface area contributed by atoms with Crippen LogP contribution in [-0.2, 0) is 6.42 Å². The Bertz CT molecular complexity index is 606. The molecule has 0 spiro atoms. The van der Waals surface area contributed by atoms with Gasteiger partial charge in [0.2, 0.25) is 0 Å². The van der Waals surface area contributed by atoms with E-state index < -0.39 is 0 Å². The van der Waals surface area contributed by atoms with Crippen LogP contribution in [0.4, 0.5) is 4.39 Å².